The van der Waals surface area contributed by atoms with Gasteiger partial charge < -0.3 is 24.7 Å². The Labute approximate surface area is 269 Å². The third-order valence-electron chi connectivity index (χ3n) is 7.38. The maximum absolute atomic E-state index is 12.5. The van der Waals surface area contributed by atoms with Crippen LogP contribution in [0.1, 0.15) is 45.2 Å². The molecule has 4 aromatic rings. The monoisotopic (exact) mass is 649 g/mol. The van der Waals surface area contributed by atoms with E-state index in [-0.39, 0.29) is 35.5 Å². The summed E-state index contributed by atoms with van der Waals surface area (Å²) in [5, 5.41) is 4.45. The zero-order valence-electron chi connectivity index (χ0n) is 25.5. The number of ketones is 1. The molecule has 14 nitrogen and oxygen atoms in total. The molecule has 1 fully saturated rings. The van der Waals surface area contributed by atoms with Gasteiger partial charge in [0.05, 0.1) is 31.5 Å². The van der Waals surface area contributed by atoms with Gasteiger partial charge in [0.15, 0.2) is 29.6 Å². The van der Waals surface area contributed by atoms with Gasteiger partial charge in [0, 0.05) is 13.1 Å². The smallest absolute Gasteiger partial charge is 0.343 e. The first-order valence-electron chi connectivity index (χ1n) is 14.4. The molecule has 0 saturated carbocycles. The van der Waals surface area contributed by atoms with Crippen molar-refractivity contribution in [1.82, 2.24) is 29.3 Å². The van der Waals surface area contributed by atoms with Crippen molar-refractivity contribution in [3.05, 3.63) is 65.5 Å². The molecule has 5 rings (SSSR count). The number of aromatic nitrogens is 6. The number of nitrogen functional groups attached to an aromatic ring is 1. The van der Waals surface area contributed by atoms with E-state index in [2.05, 4.69) is 31.9 Å². The van der Waals surface area contributed by atoms with Crippen LogP contribution in [0.2, 0.25) is 5.28 Å². The number of rotatable bonds is 10. The molecule has 3 aromatic heterocycles. The van der Waals surface area contributed by atoms with Crippen LogP contribution in [0.4, 0.5) is 5.82 Å². The SMILES string of the molecule is CCOC(=O)C(OC[C@H]1O[C@@H](n2cnc3c(N)nc(Cl)nc32)[C@H](OC(C)=O)[C@@]1(C)C#Cc1ccn(Cc2ccccc2)n1)C(C)=O. The van der Waals surface area contributed by atoms with Gasteiger partial charge in [-0.1, -0.05) is 36.3 Å². The Bertz CT molecular complexity index is 1820. The predicted octanol–water partition coefficient (Wildman–Crippen LogP) is 2.73. The summed E-state index contributed by atoms with van der Waals surface area (Å²) in [5.74, 6) is 4.34. The fraction of sp³-hybridized carbons (Fsp3) is 0.387. The van der Waals surface area contributed by atoms with Crippen molar-refractivity contribution in [3.63, 3.8) is 0 Å². The average molecular weight is 650 g/mol. The van der Waals surface area contributed by atoms with Gasteiger partial charge in [-0.25, -0.2) is 9.78 Å². The van der Waals surface area contributed by atoms with Gasteiger partial charge in [-0.15, -0.1) is 0 Å². The van der Waals surface area contributed by atoms with Crippen molar-refractivity contribution in [2.24, 2.45) is 5.41 Å². The normalized spacial score (nSPS) is 21.4. The largest absolute Gasteiger partial charge is 0.464 e. The van der Waals surface area contributed by atoms with E-state index in [0.29, 0.717) is 12.2 Å². The summed E-state index contributed by atoms with van der Waals surface area (Å²) in [7, 11) is 0. The minimum atomic E-state index is -1.50. The lowest BCUT2D eigenvalue weighted by Gasteiger charge is -2.30. The van der Waals surface area contributed by atoms with E-state index < -0.39 is 47.7 Å². The van der Waals surface area contributed by atoms with Gasteiger partial charge in [0.1, 0.15) is 17.3 Å². The number of halogens is 1. The second-order valence-electron chi connectivity index (χ2n) is 10.7. The lowest BCUT2D eigenvalue weighted by atomic mass is 9.80. The van der Waals surface area contributed by atoms with Crippen LogP contribution >= 0.6 is 11.6 Å². The van der Waals surface area contributed by atoms with Crippen LogP contribution in [-0.4, -0.2) is 78.5 Å². The summed E-state index contributed by atoms with van der Waals surface area (Å²) in [6.45, 7) is 6.13. The van der Waals surface area contributed by atoms with E-state index in [1.54, 1.807) is 30.8 Å². The topological polar surface area (TPSA) is 176 Å². The molecule has 0 amide bonds. The highest BCUT2D eigenvalue weighted by Gasteiger charge is 2.57. The van der Waals surface area contributed by atoms with Crippen LogP contribution in [0.15, 0.2) is 48.9 Å². The van der Waals surface area contributed by atoms with E-state index in [4.69, 9.17) is 36.3 Å². The number of benzene rings is 1. The minimum absolute atomic E-state index is 0.0445. The molecule has 2 N–H and O–H groups in total. The molecule has 15 heteroatoms. The number of carbonyl (C=O) groups excluding carboxylic acids is 3. The Morgan fingerprint density at radius 1 is 1.17 bits per heavy atom. The molecule has 0 spiro atoms. The van der Waals surface area contributed by atoms with E-state index in [1.165, 1.54) is 24.7 Å². The zero-order chi connectivity index (χ0) is 33.0. The minimum Gasteiger partial charge on any atom is -0.464 e. The van der Waals surface area contributed by atoms with Crippen LogP contribution in [-0.2, 0) is 39.9 Å². The Morgan fingerprint density at radius 3 is 2.63 bits per heavy atom. The van der Waals surface area contributed by atoms with Gasteiger partial charge >= 0.3 is 11.9 Å². The fourth-order valence-electron chi connectivity index (χ4n) is 5.13. The van der Waals surface area contributed by atoms with Crippen LogP contribution in [0.5, 0.6) is 0 Å². The fourth-order valence-corrected chi connectivity index (χ4v) is 5.30. The Morgan fingerprint density at radius 2 is 1.93 bits per heavy atom. The molecule has 0 radical (unpaired) electrons. The maximum atomic E-state index is 12.5. The molecule has 1 unspecified atom stereocenters. The first kappa shape index (κ1) is 32.6. The molecule has 1 aromatic carbocycles. The highest BCUT2D eigenvalue weighted by atomic mass is 35.5. The molecule has 1 aliphatic rings. The Kier molecular flexibility index (Phi) is 9.66. The standard InChI is InChI=1S/C31H32ClN7O7/c1-5-43-29(42)24(18(2)40)44-16-22-31(4,13-11-21-12-14-38(37-21)15-20-9-7-6-8-10-20)25(45-19(3)41)28(46-22)39-17-34-23-26(33)35-30(32)36-27(23)39/h6-10,12,14,17,22,24-25,28H,5,15-16H2,1-4H3,(H2,33,35,36)/t22-,24?,25+,28-,31+/m1/s1. The van der Waals surface area contributed by atoms with E-state index in [0.717, 1.165) is 5.56 Å². The Hall–Kier alpha value is -4.84. The molecular weight excluding hydrogens is 618 g/mol. The molecule has 1 saturated heterocycles. The predicted molar refractivity (Wildman–Crippen MR) is 164 cm³/mol. The number of imidazole rings is 1. The summed E-state index contributed by atoms with van der Waals surface area (Å²) >= 11 is 6.11. The lowest BCUT2D eigenvalue weighted by Crippen LogP contribution is -2.43. The molecule has 5 atom stereocenters. The van der Waals surface area contributed by atoms with Crippen molar-refractivity contribution in [3.8, 4) is 11.8 Å². The van der Waals surface area contributed by atoms with Crippen molar-refractivity contribution >= 4 is 46.3 Å². The van der Waals surface area contributed by atoms with Gasteiger partial charge in [0.25, 0.3) is 0 Å². The number of ether oxygens (including phenoxy) is 4. The number of anilines is 1. The van der Waals surface area contributed by atoms with Gasteiger partial charge in [-0.05, 0) is 49.9 Å². The first-order chi connectivity index (χ1) is 22.0. The Balaban J connectivity index is 1.54. The third kappa shape index (κ3) is 6.86. The number of Topliss-reactive ketones (excluding diaryl/α,β-unsaturated/α-hetero) is 1. The van der Waals surface area contributed by atoms with Gasteiger partial charge in [0.2, 0.25) is 11.4 Å². The van der Waals surface area contributed by atoms with Crippen molar-refractivity contribution in [1.29, 1.82) is 0 Å². The van der Waals surface area contributed by atoms with Crippen LogP contribution in [0.25, 0.3) is 11.2 Å². The van der Waals surface area contributed by atoms with Crippen molar-refractivity contribution in [2.45, 2.75) is 58.8 Å². The number of nitrogens with zero attached hydrogens (tertiary/aromatic N) is 6. The number of hydrogen-bond donors (Lipinski definition) is 1. The van der Waals surface area contributed by atoms with E-state index in [1.807, 2.05) is 30.3 Å². The molecule has 240 valence electrons. The molecule has 0 bridgehead atoms. The van der Waals surface area contributed by atoms with Crippen LogP contribution < -0.4 is 5.73 Å². The number of esters is 2. The van der Waals surface area contributed by atoms with E-state index in [9.17, 15) is 14.4 Å². The lowest BCUT2D eigenvalue weighted by molar-refractivity contribution is -0.164. The van der Waals surface area contributed by atoms with Gasteiger partial charge in [-0.2, -0.15) is 15.1 Å². The third-order valence-corrected chi connectivity index (χ3v) is 7.55. The van der Waals surface area contributed by atoms with Crippen LogP contribution in [0, 0.1) is 17.3 Å². The summed E-state index contributed by atoms with van der Waals surface area (Å²) < 4.78 is 26.4. The summed E-state index contributed by atoms with van der Waals surface area (Å²) in [5.41, 5.74) is 6.74. The summed E-state index contributed by atoms with van der Waals surface area (Å²) in [4.78, 5) is 49.8. The van der Waals surface area contributed by atoms with Gasteiger partial charge in [-0.3, -0.25) is 18.8 Å². The average Bonchev–Trinajstić information content (AvgIpc) is 3.70. The number of nitrogens with two attached hydrogens (primary N) is 1. The van der Waals surface area contributed by atoms with Crippen molar-refractivity contribution < 1.29 is 33.3 Å². The second kappa shape index (κ2) is 13.7. The summed E-state index contributed by atoms with van der Waals surface area (Å²) in [6, 6.07) is 11.6. The number of fused-ring (bicyclic) bond motifs is 1. The second-order valence-corrected chi connectivity index (χ2v) is 11.1. The quantitative estimate of drug-likeness (QED) is 0.115. The number of hydrogen-bond acceptors (Lipinski definition) is 12. The molecule has 0 aliphatic carbocycles. The highest BCUT2D eigenvalue weighted by molar-refractivity contribution is 6.28. The van der Waals surface area contributed by atoms with Crippen LogP contribution in [0.3, 0.4) is 0 Å². The molecule has 4 heterocycles. The van der Waals surface area contributed by atoms with Crippen molar-refractivity contribution in [2.75, 3.05) is 18.9 Å². The summed E-state index contributed by atoms with van der Waals surface area (Å²) in [6.07, 6.45) is -1.36. The molecule has 46 heavy (non-hydrogen) atoms. The zero-order valence-corrected chi connectivity index (χ0v) is 26.3. The van der Waals surface area contributed by atoms with E-state index >= 15 is 0 Å². The molecule has 1 aliphatic heterocycles. The highest BCUT2D eigenvalue weighted by Crippen LogP contribution is 2.46. The number of carbonyl (C=O) groups is 3. The first-order valence-corrected chi connectivity index (χ1v) is 14.8. The molecular formula is C31H32ClN7O7. The maximum Gasteiger partial charge on any atom is 0.343 e.